The molecule has 452 valence electrons. The van der Waals surface area contributed by atoms with Gasteiger partial charge in [-0.15, -0.1) is 0 Å². The van der Waals surface area contributed by atoms with E-state index in [1.54, 1.807) is 18.2 Å². The highest BCUT2D eigenvalue weighted by atomic mass is 127. The summed E-state index contributed by atoms with van der Waals surface area (Å²) < 4.78 is 187. The summed E-state index contributed by atoms with van der Waals surface area (Å²) in [5.74, 6) is -23.9. The molecule has 0 aliphatic rings. The number of sulfonamides is 1. The van der Waals surface area contributed by atoms with Crippen LogP contribution in [0.3, 0.4) is 0 Å². The van der Waals surface area contributed by atoms with Gasteiger partial charge in [0.25, 0.3) is 0 Å². The normalized spacial score (nSPS) is 9.91. The maximum absolute atomic E-state index is 13.5. The zero-order valence-corrected chi connectivity index (χ0v) is 63.8. The van der Waals surface area contributed by atoms with Crippen molar-refractivity contribution in [2.75, 3.05) is 5.73 Å². The third kappa shape index (κ3) is 23.8. The number of hydrogen-bond donors (Lipinski definition) is 3. The second-order valence-electron chi connectivity index (χ2n) is 14.3. The molecule has 5 nitrogen and oxygen atoms in total. The SMILES string of the molecule is CC.CC.CC.Cc1c(Br)c(Br)c(Br)c(Br)c1Br.Cc1c(F)c(F)c(F)c(F)c1F.Cc1c(F)c(F)c2c(F)c(F)c(F)c(F)c2c1F.Cc1c(I)c(I)c(I)c(I)c1I.NS(=O)(=O)c1ccccc1.Nc1ccccc1.c1cc[nH]c1. The smallest absolute Gasteiger partial charge is 0.238 e. The van der Waals surface area contributed by atoms with Crippen LogP contribution in [-0.4, -0.2) is 13.4 Å². The molecule has 0 spiro atoms. The zero-order valence-electron chi connectivity index (χ0n) is 44.3. The molecule has 1 heterocycles. The number of halogens is 22. The zero-order chi connectivity index (χ0) is 64.4. The van der Waals surface area contributed by atoms with Crippen LogP contribution in [0.1, 0.15) is 63.8 Å². The molecule has 0 fully saturated rings. The molecule has 0 bridgehead atoms. The van der Waals surface area contributed by atoms with E-state index in [0.717, 1.165) is 47.5 Å². The lowest BCUT2D eigenvalue weighted by molar-refractivity contribution is 0.373. The molecule has 0 aliphatic carbocycles. The Morgan fingerprint density at radius 2 is 0.634 bits per heavy atom. The van der Waals surface area contributed by atoms with Crippen LogP contribution < -0.4 is 10.9 Å². The number of nitrogen functional groups attached to an aromatic ring is 1. The molecule has 0 atom stereocenters. The van der Waals surface area contributed by atoms with Gasteiger partial charge in [0.1, 0.15) is 5.82 Å². The average Bonchev–Trinajstić information content (AvgIpc) is 4.21. The molecule has 5 N–H and O–H groups in total. The first-order valence-corrected chi connectivity index (χ1v) is 33.8. The van der Waals surface area contributed by atoms with Crippen LogP contribution in [0.15, 0.2) is 112 Å². The van der Waals surface area contributed by atoms with E-state index in [0.29, 0.717) is 0 Å². The highest BCUT2D eigenvalue weighted by molar-refractivity contribution is 14.1. The van der Waals surface area contributed by atoms with Crippen LogP contribution in [-0.2, 0) is 10.0 Å². The van der Waals surface area contributed by atoms with Crippen molar-refractivity contribution in [3.05, 3.63) is 217 Å². The lowest BCUT2D eigenvalue weighted by atomic mass is 10.0. The average molecular weight is 2070 g/mol. The first-order valence-electron chi connectivity index (χ1n) is 22.9. The topological polar surface area (TPSA) is 102 Å². The van der Waals surface area contributed by atoms with Gasteiger partial charge in [0.15, 0.2) is 58.2 Å². The van der Waals surface area contributed by atoms with Crippen molar-refractivity contribution in [3.63, 3.8) is 0 Å². The number of anilines is 1. The number of nitrogens with two attached hydrogens (primary N) is 2. The maximum Gasteiger partial charge on any atom is 0.238 e. The first kappa shape index (κ1) is 83.1. The Labute approximate surface area is 579 Å². The fraction of sp³-hybridized carbons (Fsp3) is 0.185. The molecule has 1 aromatic heterocycles. The van der Waals surface area contributed by atoms with Gasteiger partial charge in [-0.05, 0) is 268 Å². The molecule has 7 aromatic carbocycles. The number of benzene rings is 7. The second kappa shape index (κ2) is 41.3. The third-order valence-electron chi connectivity index (χ3n) is 9.21. The van der Waals surface area contributed by atoms with Gasteiger partial charge in [-0.3, -0.25) is 0 Å². The third-order valence-corrected chi connectivity index (χ3v) is 26.7. The molecule has 0 saturated heterocycles. The predicted octanol–water partition coefficient (Wildman–Crippen LogP) is 23.3. The number of aromatic amines is 1. The molecule has 0 amide bonds. The van der Waals surface area contributed by atoms with Crippen LogP contribution in [0.25, 0.3) is 10.8 Å². The highest BCUT2D eigenvalue weighted by Gasteiger charge is 2.29. The van der Waals surface area contributed by atoms with Crippen LogP contribution in [0, 0.1) is 115 Å². The minimum atomic E-state index is -3.50. The quantitative estimate of drug-likeness (QED) is 0.0502. The number of primary sulfonamides is 1. The molecular formula is C54H49Br5F12I5N3O2S. The van der Waals surface area contributed by atoms with E-state index in [4.69, 9.17) is 10.9 Å². The van der Waals surface area contributed by atoms with Crippen molar-refractivity contribution in [1.82, 2.24) is 4.98 Å². The summed E-state index contributed by atoms with van der Waals surface area (Å²) in [5, 5.41) is 1.78. The van der Waals surface area contributed by atoms with Crippen molar-refractivity contribution < 1.29 is 61.1 Å². The lowest BCUT2D eigenvalue weighted by Crippen LogP contribution is -2.11. The number of nitrogens with one attached hydrogen (secondary N) is 1. The second-order valence-corrected chi connectivity index (χ2v) is 25.2. The minimum absolute atomic E-state index is 0.148. The van der Waals surface area contributed by atoms with Gasteiger partial charge in [-0.2, -0.15) is 0 Å². The van der Waals surface area contributed by atoms with Crippen molar-refractivity contribution in [2.24, 2.45) is 5.14 Å². The first-order chi connectivity index (χ1) is 38.2. The van der Waals surface area contributed by atoms with Crippen LogP contribution in [0.2, 0.25) is 0 Å². The van der Waals surface area contributed by atoms with E-state index in [-0.39, 0.29) is 4.90 Å². The Hall–Kier alpha value is -1.000. The molecule has 0 aliphatic heterocycles. The summed E-state index contributed by atoms with van der Waals surface area (Å²) in [7, 11) is -3.50. The predicted molar refractivity (Wildman–Crippen MR) is 367 cm³/mol. The summed E-state index contributed by atoms with van der Waals surface area (Å²) >= 11 is 29.4. The molecular weight excluding hydrogens is 2020 g/mol. The monoisotopic (exact) mass is 2060 g/mol. The molecule has 28 heteroatoms. The minimum Gasteiger partial charge on any atom is -0.399 e. The van der Waals surface area contributed by atoms with E-state index in [2.05, 4.69) is 205 Å². The molecule has 0 radical (unpaired) electrons. The number of H-pyrrole nitrogens is 1. The van der Waals surface area contributed by atoms with Crippen LogP contribution >= 0.6 is 193 Å². The van der Waals surface area contributed by atoms with E-state index in [1.165, 1.54) is 35.5 Å². The lowest BCUT2D eigenvalue weighted by Gasteiger charge is -2.09. The summed E-state index contributed by atoms with van der Waals surface area (Å²) in [6.07, 6.45) is 3.75. The Bertz CT molecular complexity index is 2850. The van der Waals surface area contributed by atoms with Crippen molar-refractivity contribution in [1.29, 1.82) is 0 Å². The van der Waals surface area contributed by atoms with Crippen molar-refractivity contribution in [3.8, 4) is 0 Å². The summed E-state index contributed by atoms with van der Waals surface area (Å²) in [4.78, 5) is 3.01. The standard InChI is InChI=1S/C11H3F7.C7H3Br5.C7H3F5.C7H3I5.C6H7NO2S.C6H7N.C4H5N.3C2H6/c1-2-5(12)3-4(7(14)6(2)13)9(16)11(18)10(17)8(3)15;3*1-2-3(8)5(10)7(12)6(11)4(2)9;7-10(8,9)6-4-2-1-3-5-6;7-6-4-2-1-3-5-6;1-2-4-5-3-1;3*1-2/h1H3;3*1H3;1-5H,(H2,7,8,9);1-5H,7H2;1-5H;3*1-2H3. The van der Waals surface area contributed by atoms with Crippen molar-refractivity contribution in [2.45, 2.75) is 74.1 Å². The molecule has 8 aromatic rings. The summed E-state index contributed by atoms with van der Waals surface area (Å²) in [6, 6.07) is 21.3. The van der Waals surface area contributed by atoms with E-state index >= 15 is 0 Å². The Kier molecular flexibility index (Phi) is 41.8. The van der Waals surface area contributed by atoms with E-state index in [9.17, 15) is 61.1 Å². The van der Waals surface area contributed by atoms with Gasteiger partial charge in [0, 0.05) is 69.4 Å². The summed E-state index contributed by atoms with van der Waals surface area (Å²) in [5.41, 5.74) is 6.93. The number of aromatic nitrogens is 1. The van der Waals surface area contributed by atoms with Gasteiger partial charge >= 0.3 is 0 Å². The van der Waals surface area contributed by atoms with Gasteiger partial charge in [0.05, 0.1) is 15.7 Å². The molecule has 8 rings (SSSR count). The highest BCUT2D eigenvalue weighted by Crippen LogP contribution is 2.44. The van der Waals surface area contributed by atoms with Gasteiger partial charge in [-0.1, -0.05) is 77.9 Å². The Morgan fingerprint density at radius 1 is 0.366 bits per heavy atom. The fourth-order valence-electron chi connectivity index (χ4n) is 5.09. The van der Waals surface area contributed by atoms with Gasteiger partial charge in [0.2, 0.25) is 15.8 Å². The number of fused-ring (bicyclic) bond motifs is 1. The maximum atomic E-state index is 13.5. The number of para-hydroxylation sites is 1. The molecule has 0 saturated carbocycles. The number of rotatable bonds is 1. The largest absolute Gasteiger partial charge is 0.399 e. The van der Waals surface area contributed by atoms with Crippen LogP contribution in [0.4, 0.5) is 58.4 Å². The Morgan fingerprint density at radius 3 is 0.939 bits per heavy atom. The summed E-state index contributed by atoms with van der Waals surface area (Å²) in [6.45, 7) is 17.8. The van der Waals surface area contributed by atoms with Gasteiger partial charge < -0.3 is 10.7 Å². The molecule has 82 heavy (non-hydrogen) atoms. The fourth-order valence-corrected chi connectivity index (χ4v) is 13.9. The molecule has 0 unspecified atom stereocenters. The van der Waals surface area contributed by atoms with E-state index < -0.39 is 102 Å². The van der Waals surface area contributed by atoms with Crippen molar-refractivity contribution >= 4 is 219 Å². The van der Waals surface area contributed by atoms with Gasteiger partial charge in [-0.25, -0.2) is 66.2 Å². The Balaban J connectivity index is 0. The van der Waals surface area contributed by atoms with Crippen LogP contribution in [0.5, 0.6) is 0 Å². The van der Waals surface area contributed by atoms with E-state index in [1.807, 2.05) is 103 Å². The number of hydrogen-bond acceptors (Lipinski definition) is 3.